The largest absolute Gasteiger partial charge is 0.271 e. The number of benzene rings is 1. The van der Waals surface area contributed by atoms with Crippen molar-refractivity contribution in [2.24, 2.45) is 7.05 Å². The molecule has 0 aliphatic heterocycles. The lowest BCUT2D eigenvalue weighted by Crippen LogP contribution is -1.98. The molecule has 0 aliphatic carbocycles. The Labute approximate surface area is 92.0 Å². The number of hydrogen-bond donors (Lipinski definition) is 0. The van der Waals surface area contributed by atoms with Crippen molar-refractivity contribution in [3.05, 3.63) is 30.0 Å². The first-order valence-corrected chi connectivity index (χ1v) is 5.91. The number of halogens is 1. The summed E-state index contributed by atoms with van der Waals surface area (Å²) in [7, 11) is 2.02. The van der Waals surface area contributed by atoms with Gasteiger partial charge in [0.2, 0.25) is 0 Å². The van der Waals surface area contributed by atoms with Crippen LogP contribution in [0.5, 0.6) is 0 Å². The van der Waals surface area contributed by atoms with Gasteiger partial charge in [-0.3, -0.25) is 4.68 Å². The third-order valence-electron chi connectivity index (χ3n) is 2.41. The van der Waals surface area contributed by atoms with Gasteiger partial charge in [-0.25, -0.2) is 0 Å². The molecule has 3 heteroatoms. The van der Waals surface area contributed by atoms with Crippen molar-refractivity contribution in [1.82, 2.24) is 9.78 Å². The Morgan fingerprint density at radius 1 is 1.36 bits per heavy atom. The van der Waals surface area contributed by atoms with Gasteiger partial charge in [0.1, 0.15) is 0 Å². The molecule has 1 aromatic carbocycles. The molecule has 2 nitrogen and oxygen atoms in total. The molecule has 0 N–H and O–H groups in total. The van der Waals surface area contributed by atoms with Crippen molar-refractivity contribution >= 4 is 26.8 Å². The smallest absolute Gasteiger partial charge is 0.0926 e. The summed E-state index contributed by atoms with van der Waals surface area (Å²) >= 11 is 3.45. The van der Waals surface area contributed by atoms with Crippen molar-refractivity contribution in [1.29, 1.82) is 0 Å². The second-order valence-electron chi connectivity index (χ2n) is 3.38. The Morgan fingerprint density at radius 2 is 2.14 bits per heavy atom. The van der Waals surface area contributed by atoms with Gasteiger partial charge in [0.05, 0.1) is 5.52 Å². The topological polar surface area (TPSA) is 17.8 Å². The maximum absolute atomic E-state index is 4.47. The summed E-state index contributed by atoms with van der Waals surface area (Å²) in [5, 5.41) is 6.80. The van der Waals surface area contributed by atoms with E-state index in [0.717, 1.165) is 23.7 Å². The summed E-state index contributed by atoms with van der Waals surface area (Å²) in [6, 6.07) is 8.31. The van der Waals surface area contributed by atoms with Crippen molar-refractivity contribution in [2.45, 2.75) is 12.8 Å². The van der Waals surface area contributed by atoms with Gasteiger partial charge < -0.3 is 0 Å². The molecule has 74 valence electrons. The minimum Gasteiger partial charge on any atom is -0.271 e. The molecule has 0 amide bonds. The van der Waals surface area contributed by atoms with Crippen molar-refractivity contribution in [2.75, 3.05) is 5.33 Å². The molecule has 0 fully saturated rings. The van der Waals surface area contributed by atoms with Crippen LogP contribution >= 0.6 is 15.9 Å². The minimum absolute atomic E-state index is 1.05. The van der Waals surface area contributed by atoms with Crippen LogP contribution in [0.4, 0.5) is 0 Å². The van der Waals surface area contributed by atoms with Gasteiger partial charge in [-0.15, -0.1) is 0 Å². The molecule has 0 saturated carbocycles. The number of alkyl halides is 1. The van der Waals surface area contributed by atoms with Crippen LogP contribution in [-0.2, 0) is 13.5 Å². The second-order valence-corrected chi connectivity index (χ2v) is 4.17. The zero-order valence-electron chi connectivity index (χ0n) is 8.20. The Morgan fingerprint density at radius 3 is 2.93 bits per heavy atom. The first kappa shape index (κ1) is 9.71. The molecule has 0 atom stereocenters. The molecule has 0 bridgehead atoms. The van der Waals surface area contributed by atoms with Crippen molar-refractivity contribution in [3.63, 3.8) is 0 Å². The maximum Gasteiger partial charge on any atom is 0.0926 e. The summed E-state index contributed by atoms with van der Waals surface area (Å²) in [6.45, 7) is 0. The predicted octanol–water partition coefficient (Wildman–Crippen LogP) is 2.90. The molecule has 0 radical (unpaired) electrons. The average Bonchev–Trinajstić information content (AvgIpc) is 2.51. The lowest BCUT2D eigenvalue weighted by molar-refractivity contribution is 0.709. The summed E-state index contributed by atoms with van der Waals surface area (Å²) < 4.78 is 1.99. The molecule has 0 aliphatic rings. The average molecular weight is 253 g/mol. The summed E-state index contributed by atoms with van der Waals surface area (Å²) in [5.74, 6) is 0. The first-order chi connectivity index (χ1) is 6.83. The van der Waals surface area contributed by atoms with E-state index in [1.165, 1.54) is 11.1 Å². The molecule has 0 saturated heterocycles. The van der Waals surface area contributed by atoms with Crippen LogP contribution in [0.1, 0.15) is 12.1 Å². The minimum atomic E-state index is 1.05. The summed E-state index contributed by atoms with van der Waals surface area (Å²) in [5.41, 5.74) is 2.43. The molecule has 1 aromatic heterocycles. The van der Waals surface area contributed by atoms with Crippen molar-refractivity contribution in [3.8, 4) is 0 Å². The fraction of sp³-hybridized carbons (Fsp3) is 0.364. The molecular weight excluding hydrogens is 240 g/mol. The highest BCUT2D eigenvalue weighted by Crippen LogP contribution is 2.18. The zero-order chi connectivity index (χ0) is 9.97. The van der Waals surface area contributed by atoms with Crippen LogP contribution in [0.2, 0.25) is 0 Å². The van der Waals surface area contributed by atoms with E-state index in [1.807, 2.05) is 17.8 Å². The standard InChI is InChI=1S/C11H13BrN2/c1-14-11(7-4-8-12)9-5-2-3-6-10(9)13-14/h2-3,5-6H,4,7-8H2,1H3. The molecular formula is C11H13BrN2. The van der Waals surface area contributed by atoms with E-state index in [-0.39, 0.29) is 0 Å². The number of aryl methyl sites for hydroxylation is 2. The first-order valence-electron chi connectivity index (χ1n) is 4.79. The highest BCUT2D eigenvalue weighted by atomic mass is 79.9. The van der Waals surface area contributed by atoms with E-state index in [2.05, 4.69) is 39.2 Å². The Bertz CT molecular complexity index is 434. The second kappa shape index (κ2) is 4.13. The highest BCUT2D eigenvalue weighted by Gasteiger charge is 2.06. The van der Waals surface area contributed by atoms with Crippen LogP contribution in [0.25, 0.3) is 10.9 Å². The Hall–Kier alpha value is -0.830. The fourth-order valence-corrected chi connectivity index (χ4v) is 2.01. The number of aromatic nitrogens is 2. The molecule has 2 aromatic rings. The lowest BCUT2D eigenvalue weighted by Gasteiger charge is -1.99. The van der Waals surface area contributed by atoms with Gasteiger partial charge in [-0.05, 0) is 18.9 Å². The van der Waals surface area contributed by atoms with Crippen LogP contribution in [0, 0.1) is 0 Å². The molecule has 1 heterocycles. The van der Waals surface area contributed by atoms with Gasteiger partial charge in [-0.2, -0.15) is 5.10 Å². The monoisotopic (exact) mass is 252 g/mol. The molecule has 2 rings (SSSR count). The van der Waals surface area contributed by atoms with Gasteiger partial charge >= 0.3 is 0 Å². The molecule has 0 unspecified atom stereocenters. The van der Waals surface area contributed by atoms with E-state index >= 15 is 0 Å². The van der Waals surface area contributed by atoms with E-state index in [0.29, 0.717) is 0 Å². The maximum atomic E-state index is 4.47. The predicted molar refractivity (Wildman–Crippen MR) is 62.8 cm³/mol. The lowest BCUT2D eigenvalue weighted by atomic mass is 10.1. The fourth-order valence-electron chi connectivity index (χ4n) is 1.73. The normalized spacial score (nSPS) is 11.0. The van der Waals surface area contributed by atoms with E-state index in [1.54, 1.807) is 0 Å². The van der Waals surface area contributed by atoms with Gasteiger partial charge in [0.15, 0.2) is 0 Å². The zero-order valence-corrected chi connectivity index (χ0v) is 9.79. The highest BCUT2D eigenvalue weighted by molar-refractivity contribution is 9.09. The number of rotatable bonds is 3. The number of fused-ring (bicyclic) bond motifs is 1. The van der Waals surface area contributed by atoms with Gasteiger partial charge in [0.25, 0.3) is 0 Å². The molecule has 14 heavy (non-hydrogen) atoms. The Kier molecular flexibility index (Phi) is 2.87. The van der Waals surface area contributed by atoms with Crippen LogP contribution in [0.15, 0.2) is 24.3 Å². The quantitative estimate of drug-likeness (QED) is 0.769. The van der Waals surface area contributed by atoms with Crippen LogP contribution in [-0.4, -0.2) is 15.1 Å². The summed E-state index contributed by atoms with van der Waals surface area (Å²) in [4.78, 5) is 0. The van der Waals surface area contributed by atoms with E-state index in [4.69, 9.17) is 0 Å². The number of hydrogen-bond acceptors (Lipinski definition) is 1. The van der Waals surface area contributed by atoms with E-state index < -0.39 is 0 Å². The third-order valence-corrected chi connectivity index (χ3v) is 2.97. The van der Waals surface area contributed by atoms with Gasteiger partial charge in [-0.1, -0.05) is 34.1 Å². The SMILES string of the molecule is Cn1nc2ccccc2c1CCCBr. The van der Waals surface area contributed by atoms with Gasteiger partial charge in [0, 0.05) is 23.5 Å². The number of nitrogens with zero attached hydrogens (tertiary/aromatic N) is 2. The molecule has 0 spiro atoms. The van der Waals surface area contributed by atoms with E-state index in [9.17, 15) is 0 Å². The third kappa shape index (κ3) is 1.69. The van der Waals surface area contributed by atoms with Crippen LogP contribution in [0.3, 0.4) is 0 Å². The Balaban J connectivity index is 2.45. The van der Waals surface area contributed by atoms with Crippen molar-refractivity contribution < 1.29 is 0 Å². The van der Waals surface area contributed by atoms with Crippen LogP contribution < -0.4 is 0 Å². The summed E-state index contributed by atoms with van der Waals surface area (Å²) in [6.07, 6.45) is 2.24.